The van der Waals surface area contributed by atoms with Gasteiger partial charge in [-0.25, -0.2) is 4.99 Å². The average Bonchev–Trinajstić information content (AvgIpc) is 2.40. The number of nitrogens with two attached hydrogens (primary N) is 1. The Bertz CT molecular complexity index is 436. The largest absolute Gasteiger partial charge is 0.370 e. The van der Waals surface area contributed by atoms with Gasteiger partial charge >= 0.3 is 0 Å². The summed E-state index contributed by atoms with van der Waals surface area (Å²) in [6.45, 7) is 2.71. The van der Waals surface area contributed by atoms with Crippen LogP contribution in [0.1, 0.15) is 43.5 Å². The first kappa shape index (κ1) is 13.8. The molecule has 4 heteroatoms. The topological polar surface area (TPSA) is 54.5 Å². The molecule has 0 amide bonds. The highest BCUT2D eigenvalue weighted by Gasteiger charge is 2.13. The maximum atomic E-state index is 6.08. The van der Waals surface area contributed by atoms with E-state index in [-0.39, 0.29) is 0 Å². The molecule has 1 aliphatic carbocycles. The van der Waals surface area contributed by atoms with Crippen LogP contribution in [0.5, 0.6) is 0 Å². The first-order chi connectivity index (χ1) is 9.15. The van der Waals surface area contributed by atoms with Crippen LogP contribution in [-0.2, 0) is 6.54 Å². The van der Waals surface area contributed by atoms with Crippen molar-refractivity contribution in [3.8, 4) is 0 Å². The van der Waals surface area contributed by atoms with E-state index in [9.17, 15) is 0 Å². The third-order valence-electron chi connectivity index (χ3n) is 3.63. The normalized spacial score (nSPS) is 17.5. The van der Waals surface area contributed by atoms with Crippen LogP contribution in [0.4, 0.5) is 0 Å². The molecular weight excluding hydrogens is 236 g/mol. The Morgan fingerprint density at radius 2 is 2.11 bits per heavy atom. The number of guanidine groups is 1. The fourth-order valence-electron chi connectivity index (χ4n) is 2.51. The van der Waals surface area contributed by atoms with Gasteiger partial charge in [0.1, 0.15) is 0 Å². The van der Waals surface area contributed by atoms with Gasteiger partial charge in [-0.2, -0.15) is 0 Å². The number of aliphatic imine (C=N–C) groups is 1. The van der Waals surface area contributed by atoms with Gasteiger partial charge < -0.3 is 10.6 Å². The molecule has 0 aliphatic heterocycles. The van der Waals surface area contributed by atoms with Crippen molar-refractivity contribution in [3.05, 3.63) is 29.6 Å². The molecule has 1 aromatic heterocycles. The first-order valence-electron chi connectivity index (χ1n) is 7.12. The summed E-state index contributed by atoms with van der Waals surface area (Å²) < 4.78 is 0. The Hall–Kier alpha value is -1.58. The molecule has 1 heterocycles. The van der Waals surface area contributed by atoms with E-state index in [0.717, 1.165) is 11.4 Å². The first-order valence-corrected chi connectivity index (χ1v) is 7.12. The monoisotopic (exact) mass is 260 g/mol. The fourth-order valence-corrected chi connectivity index (χ4v) is 2.51. The number of hydrogen-bond donors (Lipinski definition) is 1. The lowest BCUT2D eigenvalue weighted by Crippen LogP contribution is -2.35. The van der Waals surface area contributed by atoms with Crippen LogP contribution in [0, 0.1) is 6.92 Å². The molecule has 0 radical (unpaired) electrons. The van der Waals surface area contributed by atoms with Gasteiger partial charge in [-0.1, -0.05) is 25.3 Å². The van der Waals surface area contributed by atoms with Crippen molar-refractivity contribution in [2.45, 2.75) is 51.6 Å². The number of nitrogens with zero attached hydrogens (tertiary/aromatic N) is 3. The summed E-state index contributed by atoms with van der Waals surface area (Å²) >= 11 is 0. The van der Waals surface area contributed by atoms with Gasteiger partial charge in [0.15, 0.2) is 5.96 Å². The molecule has 0 saturated heterocycles. The quantitative estimate of drug-likeness (QED) is 0.671. The minimum atomic E-state index is 0.418. The Balaban J connectivity index is 1.94. The molecule has 19 heavy (non-hydrogen) atoms. The highest BCUT2D eigenvalue weighted by atomic mass is 15.2. The number of pyridine rings is 1. The predicted molar refractivity (Wildman–Crippen MR) is 78.9 cm³/mol. The zero-order valence-electron chi connectivity index (χ0n) is 12.0. The Morgan fingerprint density at radius 3 is 2.79 bits per heavy atom. The van der Waals surface area contributed by atoms with Gasteiger partial charge in [0.2, 0.25) is 0 Å². The van der Waals surface area contributed by atoms with E-state index < -0.39 is 0 Å². The van der Waals surface area contributed by atoms with E-state index in [1.54, 1.807) is 0 Å². The third kappa shape index (κ3) is 4.23. The van der Waals surface area contributed by atoms with Gasteiger partial charge in [0.25, 0.3) is 0 Å². The highest BCUT2D eigenvalue weighted by Crippen LogP contribution is 2.20. The SMILES string of the molecule is Cc1cccc(CN(C)C(N)=NC2CCCCC2)n1. The third-order valence-corrected chi connectivity index (χ3v) is 3.63. The van der Waals surface area contributed by atoms with E-state index in [1.807, 2.05) is 37.1 Å². The second-order valence-electron chi connectivity index (χ2n) is 5.41. The Kier molecular flexibility index (Phi) is 4.77. The highest BCUT2D eigenvalue weighted by molar-refractivity contribution is 5.77. The average molecular weight is 260 g/mol. The van der Waals surface area contributed by atoms with Crippen molar-refractivity contribution >= 4 is 5.96 Å². The molecular formula is C15H24N4. The van der Waals surface area contributed by atoms with Gasteiger partial charge in [-0.15, -0.1) is 0 Å². The van der Waals surface area contributed by atoms with Crippen molar-refractivity contribution < 1.29 is 0 Å². The molecule has 0 aromatic carbocycles. The lowest BCUT2D eigenvalue weighted by molar-refractivity contribution is 0.427. The second kappa shape index (κ2) is 6.55. The second-order valence-corrected chi connectivity index (χ2v) is 5.41. The molecule has 0 bridgehead atoms. The van der Waals surface area contributed by atoms with Crippen LogP contribution in [0.3, 0.4) is 0 Å². The predicted octanol–water partition coefficient (Wildman–Crippen LogP) is 2.47. The van der Waals surface area contributed by atoms with E-state index in [0.29, 0.717) is 18.5 Å². The molecule has 4 nitrogen and oxygen atoms in total. The fraction of sp³-hybridized carbons (Fsp3) is 0.600. The molecule has 1 saturated carbocycles. The maximum Gasteiger partial charge on any atom is 0.191 e. The number of aryl methyl sites for hydroxylation is 1. The van der Waals surface area contributed by atoms with Crippen LogP contribution in [-0.4, -0.2) is 28.9 Å². The number of aromatic nitrogens is 1. The summed E-state index contributed by atoms with van der Waals surface area (Å²) in [5.41, 5.74) is 8.15. The summed E-state index contributed by atoms with van der Waals surface area (Å²) in [6.07, 6.45) is 6.26. The molecule has 2 N–H and O–H groups in total. The van der Waals surface area contributed by atoms with Gasteiger partial charge in [0, 0.05) is 12.7 Å². The summed E-state index contributed by atoms with van der Waals surface area (Å²) in [6, 6.07) is 6.47. The van der Waals surface area contributed by atoms with E-state index in [4.69, 9.17) is 5.73 Å². The van der Waals surface area contributed by atoms with Crippen LogP contribution in [0.15, 0.2) is 23.2 Å². The van der Waals surface area contributed by atoms with Crippen molar-refractivity contribution in [3.63, 3.8) is 0 Å². The Morgan fingerprint density at radius 1 is 1.37 bits per heavy atom. The molecule has 0 spiro atoms. The van der Waals surface area contributed by atoms with E-state index >= 15 is 0 Å². The molecule has 0 atom stereocenters. The molecule has 1 aromatic rings. The smallest absolute Gasteiger partial charge is 0.191 e. The van der Waals surface area contributed by atoms with Crippen LogP contribution < -0.4 is 5.73 Å². The summed E-state index contributed by atoms with van der Waals surface area (Å²) in [7, 11) is 1.98. The standard InChI is InChI=1S/C15H24N4/c1-12-7-6-10-14(17-12)11-19(2)15(16)18-13-8-4-3-5-9-13/h6-7,10,13H,3-5,8-9,11H2,1-2H3,(H2,16,18). The van der Waals surface area contributed by atoms with Crippen LogP contribution >= 0.6 is 0 Å². The van der Waals surface area contributed by atoms with E-state index in [2.05, 4.69) is 9.98 Å². The van der Waals surface area contributed by atoms with Gasteiger partial charge in [-0.05, 0) is 31.9 Å². The zero-order valence-corrected chi connectivity index (χ0v) is 12.0. The minimum absolute atomic E-state index is 0.418. The molecule has 104 valence electrons. The number of hydrogen-bond acceptors (Lipinski definition) is 2. The molecule has 2 rings (SSSR count). The summed E-state index contributed by atoms with van der Waals surface area (Å²) in [4.78, 5) is 11.1. The van der Waals surface area contributed by atoms with Crippen molar-refractivity contribution in [2.75, 3.05) is 7.05 Å². The molecule has 0 unspecified atom stereocenters. The van der Waals surface area contributed by atoms with Gasteiger partial charge in [-0.3, -0.25) is 4.98 Å². The summed E-state index contributed by atoms with van der Waals surface area (Å²) in [5.74, 6) is 0.634. The Labute approximate surface area is 115 Å². The van der Waals surface area contributed by atoms with Crippen molar-refractivity contribution in [2.24, 2.45) is 10.7 Å². The minimum Gasteiger partial charge on any atom is -0.370 e. The maximum absolute atomic E-state index is 6.08. The van der Waals surface area contributed by atoms with Crippen molar-refractivity contribution in [1.82, 2.24) is 9.88 Å². The van der Waals surface area contributed by atoms with Gasteiger partial charge in [0.05, 0.1) is 18.3 Å². The molecule has 1 aliphatic rings. The molecule has 1 fully saturated rings. The van der Waals surface area contributed by atoms with Crippen molar-refractivity contribution in [1.29, 1.82) is 0 Å². The van der Waals surface area contributed by atoms with Crippen LogP contribution in [0.2, 0.25) is 0 Å². The van der Waals surface area contributed by atoms with E-state index in [1.165, 1.54) is 32.1 Å². The number of rotatable bonds is 3. The summed E-state index contributed by atoms with van der Waals surface area (Å²) in [5, 5.41) is 0. The van der Waals surface area contributed by atoms with Crippen LogP contribution in [0.25, 0.3) is 0 Å². The zero-order chi connectivity index (χ0) is 13.7. The lowest BCUT2D eigenvalue weighted by atomic mass is 9.96. The lowest BCUT2D eigenvalue weighted by Gasteiger charge is -2.22.